The van der Waals surface area contributed by atoms with Gasteiger partial charge in [-0.1, -0.05) is 45.7 Å². The Morgan fingerprint density at radius 2 is 2.05 bits per heavy atom. The molecule has 0 N–H and O–H groups in total. The van der Waals surface area contributed by atoms with Gasteiger partial charge in [0.05, 0.1) is 5.02 Å². The predicted octanol–water partition coefficient (Wildman–Crippen LogP) is 4.01. The summed E-state index contributed by atoms with van der Waals surface area (Å²) in [5, 5.41) is 9.31. The van der Waals surface area contributed by atoms with Gasteiger partial charge in [-0.15, -0.1) is 0 Å². The van der Waals surface area contributed by atoms with Crippen LogP contribution in [0, 0.1) is 11.3 Å². The lowest BCUT2D eigenvalue weighted by Crippen LogP contribution is -2.18. The molecule has 5 heteroatoms. The average Bonchev–Trinajstić information content (AvgIpc) is 2.42. The molecule has 0 aliphatic carbocycles. The first-order chi connectivity index (χ1) is 9.11. The van der Waals surface area contributed by atoms with E-state index in [2.05, 4.69) is 20.9 Å². The van der Waals surface area contributed by atoms with E-state index in [-0.39, 0.29) is 5.69 Å². The summed E-state index contributed by atoms with van der Waals surface area (Å²) in [5.41, 5.74) is 1.40. The Bertz CT molecular complexity index is 637. The lowest BCUT2D eigenvalue weighted by molar-refractivity contribution is 0.892. The van der Waals surface area contributed by atoms with Gasteiger partial charge >= 0.3 is 0 Å². The van der Waals surface area contributed by atoms with Crippen molar-refractivity contribution in [2.24, 2.45) is 0 Å². The van der Waals surface area contributed by atoms with Gasteiger partial charge in [-0.2, -0.15) is 5.26 Å². The Balaban J connectivity index is 2.24. The van der Waals surface area contributed by atoms with Gasteiger partial charge in [0.1, 0.15) is 11.9 Å². The summed E-state index contributed by atoms with van der Waals surface area (Å²) in [4.78, 5) is 6.20. The molecule has 0 saturated carbocycles. The highest BCUT2D eigenvalue weighted by Crippen LogP contribution is 2.22. The molecule has 0 spiro atoms. The van der Waals surface area contributed by atoms with E-state index in [1.807, 2.05) is 42.3 Å². The maximum atomic E-state index is 8.94. The van der Waals surface area contributed by atoms with Gasteiger partial charge in [0.15, 0.2) is 5.69 Å². The first kappa shape index (κ1) is 13.9. The third kappa shape index (κ3) is 3.25. The van der Waals surface area contributed by atoms with Gasteiger partial charge in [-0.3, -0.25) is 0 Å². The number of aromatic nitrogens is 1. The fourth-order valence-corrected chi connectivity index (χ4v) is 2.24. The molecule has 0 aliphatic rings. The molecule has 1 heterocycles. The summed E-state index contributed by atoms with van der Waals surface area (Å²) >= 11 is 9.39. The zero-order valence-electron chi connectivity index (χ0n) is 10.3. The number of anilines is 1. The number of nitriles is 1. The molecule has 0 unspecified atom stereocenters. The third-order valence-corrected chi connectivity index (χ3v) is 3.77. The maximum Gasteiger partial charge on any atom is 0.161 e. The van der Waals surface area contributed by atoms with Crippen molar-refractivity contribution < 1.29 is 0 Å². The van der Waals surface area contributed by atoms with Crippen molar-refractivity contribution in [2.75, 3.05) is 11.9 Å². The fourth-order valence-electron chi connectivity index (χ4n) is 1.69. The topological polar surface area (TPSA) is 39.9 Å². The molecule has 0 fully saturated rings. The van der Waals surface area contributed by atoms with Gasteiger partial charge in [-0.25, -0.2) is 4.98 Å². The number of hydrogen-bond donors (Lipinski definition) is 0. The molecule has 0 bridgehead atoms. The van der Waals surface area contributed by atoms with Crippen LogP contribution in [0.15, 0.2) is 40.9 Å². The number of nitrogens with zero attached hydrogens (tertiary/aromatic N) is 3. The zero-order valence-corrected chi connectivity index (χ0v) is 12.6. The van der Waals surface area contributed by atoms with Gasteiger partial charge in [0.25, 0.3) is 0 Å². The van der Waals surface area contributed by atoms with Crippen LogP contribution in [0.25, 0.3) is 0 Å². The number of halogens is 2. The number of rotatable bonds is 3. The molecular weight excluding hydrogens is 326 g/mol. The smallest absolute Gasteiger partial charge is 0.161 e. The van der Waals surface area contributed by atoms with Gasteiger partial charge < -0.3 is 4.90 Å². The van der Waals surface area contributed by atoms with E-state index in [4.69, 9.17) is 16.9 Å². The summed E-state index contributed by atoms with van der Waals surface area (Å²) in [5.74, 6) is 0.719. The van der Waals surface area contributed by atoms with E-state index in [0.29, 0.717) is 11.6 Å². The second-order valence-corrected chi connectivity index (χ2v) is 5.32. The van der Waals surface area contributed by atoms with Crippen LogP contribution in [0.3, 0.4) is 0 Å². The Labute approximate surface area is 125 Å². The molecule has 2 rings (SSSR count). The van der Waals surface area contributed by atoms with E-state index < -0.39 is 0 Å². The highest BCUT2D eigenvalue weighted by Gasteiger charge is 2.09. The summed E-state index contributed by atoms with van der Waals surface area (Å²) in [7, 11) is 1.93. The standard InChI is InChI=1S/C14H11BrClN3/c1-19(9-10-4-2-3-5-11(10)15)14-7-6-12(16)13(8-17)18-14/h2-7H,9H2,1H3. The Hall–Kier alpha value is -1.57. The molecule has 0 atom stereocenters. The van der Waals surface area contributed by atoms with E-state index in [1.165, 1.54) is 0 Å². The first-order valence-electron chi connectivity index (χ1n) is 5.63. The highest BCUT2D eigenvalue weighted by molar-refractivity contribution is 9.10. The van der Waals surface area contributed by atoms with Crippen molar-refractivity contribution in [1.29, 1.82) is 5.26 Å². The van der Waals surface area contributed by atoms with Gasteiger partial charge in [0.2, 0.25) is 0 Å². The normalized spacial score (nSPS) is 10.0. The number of hydrogen-bond acceptors (Lipinski definition) is 3. The molecule has 0 aliphatic heterocycles. The number of pyridine rings is 1. The van der Waals surface area contributed by atoms with Crippen molar-refractivity contribution in [3.8, 4) is 6.07 Å². The van der Waals surface area contributed by atoms with Crippen molar-refractivity contribution in [3.63, 3.8) is 0 Å². The third-order valence-electron chi connectivity index (χ3n) is 2.69. The van der Waals surface area contributed by atoms with E-state index in [0.717, 1.165) is 15.9 Å². The molecule has 2 aromatic rings. The van der Waals surface area contributed by atoms with E-state index in [1.54, 1.807) is 12.1 Å². The summed E-state index contributed by atoms with van der Waals surface area (Å²) in [6.07, 6.45) is 0. The monoisotopic (exact) mass is 335 g/mol. The average molecular weight is 337 g/mol. The molecule has 1 aromatic heterocycles. The van der Waals surface area contributed by atoms with Crippen LogP contribution < -0.4 is 4.90 Å². The molecule has 19 heavy (non-hydrogen) atoms. The van der Waals surface area contributed by atoms with Gasteiger partial charge in [-0.05, 0) is 23.8 Å². The summed E-state index contributed by atoms with van der Waals surface area (Å²) in [6.45, 7) is 0.695. The summed E-state index contributed by atoms with van der Waals surface area (Å²) in [6, 6.07) is 13.5. The minimum absolute atomic E-state index is 0.248. The second-order valence-electron chi connectivity index (χ2n) is 4.06. The first-order valence-corrected chi connectivity index (χ1v) is 6.80. The largest absolute Gasteiger partial charge is 0.355 e. The Morgan fingerprint density at radius 3 is 2.74 bits per heavy atom. The fraction of sp³-hybridized carbons (Fsp3) is 0.143. The van der Waals surface area contributed by atoms with Crippen molar-refractivity contribution in [1.82, 2.24) is 4.98 Å². The van der Waals surface area contributed by atoms with Crippen LogP contribution in [0.5, 0.6) is 0 Å². The summed E-state index contributed by atoms with van der Waals surface area (Å²) < 4.78 is 1.05. The number of benzene rings is 1. The van der Waals surface area contributed by atoms with E-state index in [9.17, 15) is 0 Å². The molecular formula is C14H11BrClN3. The molecule has 3 nitrogen and oxygen atoms in total. The molecule has 96 valence electrons. The van der Waals surface area contributed by atoms with Crippen LogP contribution in [-0.2, 0) is 6.54 Å². The van der Waals surface area contributed by atoms with Crippen LogP contribution >= 0.6 is 27.5 Å². The zero-order chi connectivity index (χ0) is 13.8. The predicted molar refractivity (Wildman–Crippen MR) is 80.2 cm³/mol. The van der Waals surface area contributed by atoms with Crippen molar-refractivity contribution >= 4 is 33.3 Å². The lowest BCUT2D eigenvalue weighted by atomic mass is 10.2. The quantitative estimate of drug-likeness (QED) is 0.850. The van der Waals surface area contributed by atoms with Crippen LogP contribution in [0.2, 0.25) is 5.02 Å². The Kier molecular flexibility index (Phi) is 4.41. The molecule has 0 radical (unpaired) electrons. The minimum Gasteiger partial charge on any atom is -0.355 e. The van der Waals surface area contributed by atoms with Crippen LogP contribution in [-0.4, -0.2) is 12.0 Å². The highest BCUT2D eigenvalue weighted by atomic mass is 79.9. The molecule has 1 aromatic carbocycles. The van der Waals surface area contributed by atoms with Crippen LogP contribution in [0.1, 0.15) is 11.3 Å². The SMILES string of the molecule is CN(Cc1ccccc1Br)c1ccc(Cl)c(C#N)n1. The van der Waals surface area contributed by atoms with Crippen LogP contribution in [0.4, 0.5) is 5.82 Å². The van der Waals surface area contributed by atoms with Gasteiger partial charge in [0, 0.05) is 18.1 Å². The molecule has 0 saturated heterocycles. The van der Waals surface area contributed by atoms with Crippen molar-refractivity contribution in [2.45, 2.75) is 6.54 Å². The maximum absolute atomic E-state index is 8.94. The minimum atomic E-state index is 0.248. The second kappa shape index (κ2) is 6.05. The Morgan fingerprint density at radius 1 is 1.32 bits per heavy atom. The lowest BCUT2D eigenvalue weighted by Gasteiger charge is -2.19. The van der Waals surface area contributed by atoms with E-state index >= 15 is 0 Å². The van der Waals surface area contributed by atoms with Crippen molar-refractivity contribution in [3.05, 3.63) is 57.2 Å². The molecule has 0 amide bonds.